The highest BCUT2D eigenvalue weighted by Gasteiger charge is 2.28. The predicted octanol–water partition coefficient (Wildman–Crippen LogP) is 1.20. The standard InChI is InChI=1S/C13H14N2O2/c1-15-10-6-3-2-5-9(10)14-12(13(15)16)11-7-4-8-17-11/h2-3,5-6,11H,4,7-8H2,1H3/p+1. The fourth-order valence-corrected chi connectivity index (χ4v) is 2.38. The van der Waals surface area contributed by atoms with Gasteiger partial charge < -0.3 is 9.30 Å². The molecule has 4 nitrogen and oxygen atoms in total. The third kappa shape index (κ3) is 1.65. The first-order chi connectivity index (χ1) is 8.27. The van der Waals surface area contributed by atoms with E-state index in [1.165, 1.54) is 0 Å². The number of para-hydroxylation sites is 2. The fourth-order valence-electron chi connectivity index (χ4n) is 2.38. The molecule has 1 aliphatic rings. The summed E-state index contributed by atoms with van der Waals surface area (Å²) in [6.45, 7) is 0.745. The van der Waals surface area contributed by atoms with Crippen molar-refractivity contribution in [3.8, 4) is 0 Å². The SMILES string of the molecule is Cn1c(=O)c(C2CCCO2)[nH+]c2ccccc21. The quantitative estimate of drug-likeness (QED) is 0.740. The van der Waals surface area contributed by atoms with E-state index in [2.05, 4.69) is 4.98 Å². The Balaban J connectivity index is 2.25. The molecule has 0 radical (unpaired) electrons. The van der Waals surface area contributed by atoms with Gasteiger partial charge in [-0.2, -0.15) is 0 Å². The van der Waals surface area contributed by atoms with Crippen molar-refractivity contribution in [1.29, 1.82) is 0 Å². The molecular weight excluding hydrogens is 216 g/mol. The zero-order valence-electron chi connectivity index (χ0n) is 9.77. The van der Waals surface area contributed by atoms with Crippen molar-refractivity contribution < 1.29 is 9.72 Å². The minimum absolute atomic E-state index is 0.00981. The van der Waals surface area contributed by atoms with Crippen LogP contribution in [0, 0.1) is 0 Å². The van der Waals surface area contributed by atoms with Gasteiger partial charge in [0.2, 0.25) is 5.52 Å². The molecule has 1 N–H and O–H groups in total. The molecule has 2 aromatic rings. The number of nitrogens with zero attached hydrogens (tertiary/aromatic N) is 1. The topological polar surface area (TPSA) is 45.4 Å². The molecule has 0 saturated carbocycles. The molecule has 2 heterocycles. The van der Waals surface area contributed by atoms with E-state index in [0.717, 1.165) is 30.5 Å². The number of ether oxygens (including phenoxy) is 1. The summed E-state index contributed by atoms with van der Waals surface area (Å²) in [7, 11) is 1.80. The maximum atomic E-state index is 12.2. The van der Waals surface area contributed by atoms with Gasteiger partial charge in [0.25, 0.3) is 5.69 Å². The summed E-state index contributed by atoms with van der Waals surface area (Å²) >= 11 is 0. The molecule has 0 amide bonds. The Morgan fingerprint density at radius 2 is 2.24 bits per heavy atom. The molecule has 0 aliphatic carbocycles. The van der Waals surface area contributed by atoms with Crippen molar-refractivity contribution in [3.05, 3.63) is 40.3 Å². The molecule has 1 aromatic carbocycles. The lowest BCUT2D eigenvalue weighted by atomic mass is 10.1. The molecule has 1 unspecified atom stereocenters. The maximum Gasteiger partial charge on any atom is 0.321 e. The average molecular weight is 231 g/mol. The first-order valence-corrected chi connectivity index (χ1v) is 5.90. The molecule has 4 heteroatoms. The van der Waals surface area contributed by atoms with E-state index in [9.17, 15) is 4.79 Å². The van der Waals surface area contributed by atoms with Crippen LogP contribution in [0.15, 0.2) is 29.1 Å². The van der Waals surface area contributed by atoms with Crippen LogP contribution >= 0.6 is 0 Å². The minimum atomic E-state index is -0.0710. The summed E-state index contributed by atoms with van der Waals surface area (Å²) in [6, 6.07) is 7.81. The number of hydrogen-bond acceptors (Lipinski definition) is 2. The second kappa shape index (κ2) is 3.96. The highest BCUT2D eigenvalue weighted by molar-refractivity contribution is 5.70. The van der Waals surface area contributed by atoms with Crippen LogP contribution in [0.2, 0.25) is 0 Å². The summed E-state index contributed by atoms with van der Waals surface area (Å²) in [5.74, 6) is 0. The predicted molar refractivity (Wildman–Crippen MR) is 63.7 cm³/mol. The lowest BCUT2D eigenvalue weighted by molar-refractivity contribution is -0.370. The zero-order chi connectivity index (χ0) is 11.8. The van der Waals surface area contributed by atoms with Gasteiger partial charge in [0.1, 0.15) is 11.6 Å². The van der Waals surface area contributed by atoms with Crippen molar-refractivity contribution in [2.24, 2.45) is 7.05 Å². The van der Waals surface area contributed by atoms with Gasteiger partial charge in [-0.15, -0.1) is 0 Å². The number of hydrogen-bond donors (Lipinski definition) is 0. The summed E-state index contributed by atoms with van der Waals surface area (Å²) in [6.07, 6.45) is 1.87. The molecule has 1 atom stereocenters. The number of aryl methyl sites for hydroxylation is 1. The van der Waals surface area contributed by atoms with Gasteiger partial charge in [-0.05, 0) is 18.9 Å². The summed E-state index contributed by atoms with van der Waals surface area (Å²) in [5, 5.41) is 0. The third-order valence-corrected chi connectivity index (χ3v) is 3.32. The number of fused-ring (bicyclic) bond motifs is 1. The molecule has 1 aliphatic heterocycles. The van der Waals surface area contributed by atoms with Crippen LogP contribution in [-0.4, -0.2) is 11.2 Å². The van der Waals surface area contributed by atoms with Gasteiger partial charge in [0.05, 0.1) is 0 Å². The number of H-pyrrole nitrogens is 1. The van der Waals surface area contributed by atoms with E-state index in [0.29, 0.717) is 5.69 Å². The third-order valence-electron chi connectivity index (χ3n) is 3.32. The number of nitrogens with one attached hydrogen (secondary N) is 1. The molecule has 1 aromatic heterocycles. The van der Waals surface area contributed by atoms with Crippen LogP contribution in [0.1, 0.15) is 24.6 Å². The van der Waals surface area contributed by atoms with Crippen molar-refractivity contribution in [3.63, 3.8) is 0 Å². The average Bonchev–Trinajstić information content (AvgIpc) is 2.87. The smallest absolute Gasteiger partial charge is 0.321 e. The van der Waals surface area contributed by atoms with Crippen LogP contribution < -0.4 is 10.5 Å². The highest BCUT2D eigenvalue weighted by atomic mass is 16.5. The van der Waals surface area contributed by atoms with Crippen molar-refractivity contribution in [2.75, 3.05) is 6.61 Å². The van der Waals surface area contributed by atoms with Crippen LogP contribution in [0.5, 0.6) is 0 Å². The van der Waals surface area contributed by atoms with Crippen LogP contribution in [0.25, 0.3) is 11.0 Å². The minimum Gasteiger partial charge on any atom is -0.367 e. The first-order valence-electron chi connectivity index (χ1n) is 5.90. The second-order valence-electron chi connectivity index (χ2n) is 4.42. The van der Waals surface area contributed by atoms with Crippen molar-refractivity contribution >= 4 is 11.0 Å². The molecule has 1 fully saturated rings. The number of benzene rings is 1. The van der Waals surface area contributed by atoms with Gasteiger partial charge in [0, 0.05) is 19.7 Å². The Morgan fingerprint density at radius 3 is 3.00 bits per heavy atom. The molecular formula is C13H15N2O2+. The Bertz CT molecular complexity index is 612. The van der Waals surface area contributed by atoms with Gasteiger partial charge >= 0.3 is 5.56 Å². The van der Waals surface area contributed by atoms with Crippen LogP contribution in [-0.2, 0) is 11.8 Å². The molecule has 3 rings (SSSR count). The van der Waals surface area contributed by atoms with Gasteiger partial charge in [-0.25, -0.2) is 4.98 Å². The molecule has 0 spiro atoms. The van der Waals surface area contributed by atoms with Crippen molar-refractivity contribution in [1.82, 2.24) is 4.57 Å². The maximum absolute atomic E-state index is 12.2. The van der Waals surface area contributed by atoms with Crippen molar-refractivity contribution in [2.45, 2.75) is 18.9 Å². The number of aromatic nitrogens is 2. The largest absolute Gasteiger partial charge is 0.367 e. The summed E-state index contributed by atoms with van der Waals surface area (Å²) in [4.78, 5) is 15.4. The normalized spacial score (nSPS) is 19.9. The Morgan fingerprint density at radius 1 is 1.41 bits per heavy atom. The molecule has 88 valence electrons. The lowest BCUT2D eigenvalue weighted by Gasteiger charge is -2.06. The Labute approximate surface area is 98.9 Å². The van der Waals surface area contributed by atoms with E-state index >= 15 is 0 Å². The van der Waals surface area contributed by atoms with E-state index in [1.54, 1.807) is 11.6 Å². The Hall–Kier alpha value is -1.68. The fraction of sp³-hybridized carbons (Fsp3) is 0.385. The second-order valence-corrected chi connectivity index (χ2v) is 4.42. The lowest BCUT2D eigenvalue weighted by Crippen LogP contribution is -2.33. The van der Waals surface area contributed by atoms with Crippen LogP contribution in [0.4, 0.5) is 0 Å². The van der Waals surface area contributed by atoms with Gasteiger partial charge in [-0.3, -0.25) is 4.79 Å². The Kier molecular flexibility index (Phi) is 2.44. The first kappa shape index (κ1) is 10.5. The molecule has 1 saturated heterocycles. The summed E-state index contributed by atoms with van der Waals surface area (Å²) < 4.78 is 7.26. The van der Waals surface area contributed by atoms with E-state index in [1.807, 2.05) is 24.3 Å². The molecule has 0 bridgehead atoms. The van der Waals surface area contributed by atoms with Gasteiger partial charge in [0.15, 0.2) is 0 Å². The van der Waals surface area contributed by atoms with E-state index in [4.69, 9.17) is 4.74 Å². The van der Waals surface area contributed by atoms with Crippen LogP contribution in [0.3, 0.4) is 0 Å². The zero-order valence-corrected chi connectivity index (χ0v) is 9.77. The number of aromatic amines is 1. The highest BCUT2D eigenvalue weighted by Crippen LogP contribution is 2.24. The van der Waals surface area contributed by atoms with Gasteiger partial charge in [-0.1, -0.05) is 12.1 Å². The summed E-state index contributed by atoms with van der Waals surface area (Å²) in [5.41, 5.74) is 2.57. The monoisotopic (exact) mass is 231 g/mol. The van der Waals surface area contributed by atoms with E-state index in [-0.39, 0.29) is 11.7 Å². The molecule has 17 heavy (non-hydrogen) atoms. The van der Waals surface area contributed by atoms with E-state index < -0.39 is 0 Å². The number of rotatable bonds is 1.